The molecule has 32 heavy (non-hydrogen) atoms. The van der Waals surface area contributed by atoms with E-state index < -0.39 is 16.1 Å². The van der Waals surface area contributed by atoms with E-state index in [-0.39, 0.29) is 0 Å². The Labute approximate surface area is 190 Å². The summed E-state index contributed by atoms with van der Waals surface area (Å²) in [7, 11) is -4.75. The van der Waals surface area contributed by atoms with Crippen LogP contribution in [0.4, 0.5) is 0 Å². The van der Waals surface area contributed by atoms with Crippen molar-refractivity contribution < 1.29 is 0 Å². The number of hydrogen-bond donors (Lipinski definition) is 0. The fourth-order valence-electron chi connectivity index (χ4n) is 6.59. The van der Waals surface area contributed by atoms with E-state index in [1.165, 1.54) is 10.4 Å². The van der Waals surface area contributed by atoms with E-state index in [2.05, 4.69) is 133 Å². The molecule has 8 rings (SSSR count). The third-order valence-corrected chi connectivity index (χ3v) is 18.2. The minimum absolute atomic E-state index is 1.49. The fourth-order valence-corrected chi connectivity index (χ4v) is 20.0. The summed E-state index contributed by atoms with van der Waals surface area (Å²) in [6.07, 6.45) is 0. The average Bonchev–Trinajstić information content (AvgIpc) is 2.89. The van der Waals surface area contributed by atoms with Crippen molar-refractivity contribution in [2.75, 3.05) is 0 Å². The highest BCUT2D eigenvalue weighted by molar-refractivity contribution is 7.38. The van der Waals surface area contributed by atoms with Crippen LogP contribution >= 0.6 is 0 Å². The van der Waals surface area contributed by atoms with Crippen LogP contribution in [0.15, 0.2) is 133 Å². The smallest absolute Gasteiger partial charge is 0.0624 e. The number of rotatable bonds is 2. The summed E-state index contributed by atoms with van der Waals surface area (Å²) < 4.78 is 0. The Hall–Kier alpha value is -3.47. The van der Waals surface area contributed by atoms with E-state index >= 15 is 0 Å². The van der Waals surface area contributed by atoms with Crippen LogP contribution in [-0.4, -0.2) is 16.1 Å². The molecule has 3 aliphatic heterocycles. The maximum Gasteiger partial charge on any atom is 0.179 e. The largest absolute Gasteiger partial charge is 0.179 e. The maximum atomic E-state index is 2.45. The molecule has 3 heterocycles. The lowest BCUT2D eigenvalue weighted by molar-refractivity contribution is 1.63. The van der Waals surface area contributed by atoms with Gasteiger partial charge in [0.25, 0.3) is 0 Å². The molecule has 0 saturated heterocycles. The van der Waals surface area contributed by atoms with E-state index in [1.807, 2.05) is 0 Å². The third-order valence-electron chi connectivity index (χ3n) is 7.62. The fraction of sp³-hybridized carbons (Fsp3) is 0. The first kappa shape index (κ1) is 18.1. The zero-order valence-electron chi connectivity index (χ0n) is 17.7. The number of hydrogen-bond acceptors (Lipinski definition) is 0. The molecule has 0 unspecified atom stereocenters. The lowest BCUT2D eigenvalue weighted by atomic mass is 10.3. The van der Waals surface area contributed by atoms with Gasteiger partial charge in [-0.1, -0.05) is 133 Å². The van der Waals surface area contributed by atoms with Crippen LogP contribution in [0.25, 0.3) is 0 Å². The Balaban J connectivity index is 1.77. The highest BCUT2D eigenvalue weighted by Gasteiger charge is 2.62. The third kappa shape index (κ3) is 1.98. The molecule has 0 radical (unpaired) electrons. The summed E-state index contributed by atoms with van der Waals surface area (Å²) in [5, 5.41) is 12.6. The Kier molecular flexibility index (Phi) is 3.69. The van der Waals surface area contributed by atoms with Crippen molar-refractivity contribution in [3.05, 3.63) is 133 Å². The molecule has 0 saturated carbocycles. The van der Waals surface area contributed by atoms with Crippen LogP contribution in [0.2, 0.25) is 0 Å². The molecule has 0 N–H and O–H groups in total. The molecule has 2 bridgehead atoms. The van der Waals surface area contributed by atoms with E-state index in [0.717, 1.165) is 0 Å². The molecule has 0 spiro atoms. The highest BCUT2D eigenvalue weighted by Crippen LogP contribution is 2.21. The Morgan fingerprint density at radius 2 is 0.469 bits per heavy atom. The summed E-state index contributed by atoms with van der Waals surface area (Å²) in [4.78, 5) is 0. The van der Waals surface area contributed by atoms with Crippen LogP contribution in [0.5, 0.6) is 0 Å². The molecular weight excluding hydrogens is 417 g/mol. The van der Waals surface area contributed by atoms with Crippen molar-refractivity contribution in [3.63, 3.8) is 0 Å². The van der Waals surface area contributed by atoms with Gasteiger partial charge in [0.2, 0.25) is 0 Å². The van der Waals surface area contributed by atoms with Gasteiger partial charge < -0.3 is 0 Å². The zero-order chi connectivity index (χ0) is 21.2. The molecule has 0 fully saturated rings. The second-order valence-electron chi connectivity index (χ2n) is 8.87. The van der Waals surface area contributed by atoms with Gasteiger partial charge in [0.1, 0.15) is 0 Å². The zero-order valence-corrected chi connectivity index (χ0v) is 19.7. The van der Waals surface area contributed by atoms with Crippen molar-refractivity contribution in [1.82, 2.24) is 0 Å². The van der Waals surface area contributed by atoms with Crippen LogP contribution in [0, 0.1) is 0 Å². The summed E-state index contributed by atoms with van der Waals surface area (Å²) in [5.41, 5.74) is 0. The second-order valence-corrected chi connectivity index (χ2v) is 16.3. The summed E-state index contributed by atoms with van der Waals surface area (Å²) in [5.74, 6) is 0. The van der Waals surface area contributed by atoms with Crippen molar-refractivity contribution >= 4 is 57.6 Å². The van der Waals surface area contributed by atoms with Gasteiger partial charge >= 0.3 is 0 Å². The standard InChI is InChI=1S/C30H22Si2/c1-3-13-23(14-4-1)31-25-17-7-10-20-28(25)32(24-15-5-2-6-16-24,29-21-11-8-18-26(29)31)30-22-12-9-19-27(30)31/h1-22H. The molecular formula is C30H22Si2. The minimum atomic E-state index is -2.37. The lowest BCUT2D eigenvalue weighted by Gasteiger charge is -2.55. The summed E-state index contributed by atoms with van der Waals surface area (Å²) in [6, 6.07) is 50.9. The predicted octanol–water partition coefficient (Wildman–Crippen LogP) is 1.07. The summed E-state index contributed by atoms with van der Waals surface area (Å²) in [6.45, 7) is 0. The van der Waals surface area contributed by atoms with E-state index in [1.54, 1.807) is 31.1 Å². The van der Waals surface area contributed by atoms with Crippen LogP contribution in [0.3, 0.4) is 0 Å². The molecule has 2 heteroatoms. The Morgan fingerprint density at radius 1 is 0.250 bits per heavy atom. The van der Waals surface area contributed by atoms with Gasteiger partial charge in [0, 0.05) is 0 Å². The quantitative estimate of drug-likeness (QED) is 0.354. The molecule has 3 aliphatic rings. The van der Waals surface area contributed by atoms with Gasteiger partial charge in [0.05, 0.1) is 0 Å². The average molecular weight is 439 g/mol. The van der Waals surface area contributed by atoms with Crippen LogP contribution in [-0.2, 0) is 0 Å². The molecule has 150 valence electrons. The lowest BCUT2D eigenvalue weighted by Crippen LogP contribution is -3.00. The monoisotopic (exact) mass is 438 g/mol. The van der Waals surface area contributed by atoms with Gasteiger partial charge in [-0.2, -0.15) is 0 Å². The highest BCUT2D eigenvalue weighted by atomic mass is 28.3. The minimum Gasteiger partial charge on any atom is -0.0624 e. The number of benzene rings is 5. The second kappa shape index (κ2) is 6.52. The Morgan fingerprint density at radius 3 is 0.719 bits per heavy atom. The molecule has 0 aliphatic carbocycles. The predicted molar refractivity (Wildman–Crippen MR) is 141 cm³/mol. The molecule has 0 nitrogen and oxygen atoms in total. The molecule has 0 aromatic heterocycles. The van der Waals surface area contributed by atoms with E-state index in [0.29, 0.717) is 0 Å². The molecule has 5 aromatic carbocycles. The first-order valence-electron chi connectivity index (χ1n) is 11.3. The molecule has 0 amide bonds. The SMILES string of the molecule is c1ccc([Si]23c4ccccc4[Si](c4ccccc4)(c4ccccc42)c2ccccc23)cc1. The maximum absolute atomic E-state index is 2.45. The van der Waals surface area contributed by atoms with Crippen molar-refractivity contribution in [1.29, 1.82) is 0 Å². The first-order valence-corrected chi connectivity index (χ1v) is 15.3. The van der Waals surface area contributed by atoms with Gasteiger partial charge in [-0.05, 0) is 41.5 Å². The van der Waals surface area contributed by atoms with E-state index in [9.17, 15) is 0 Å². The van der Waals surface area contributed by atoms with Gasteiger partial charge in [-0.3, -0.25) is 0 Å². The molecule has 5 aromatic rings. The topological polar surface area (TPSA) is 0 Å². The molecule has 0 atom stereocenters. The van der Waals surface area contributed by atoms with Gasteiger partial charge in [-0.15, -0.1) is 0 Å². The van der Waals surface area contributed by atoms with E-state index in [4.69, 9.17) is 0 Å². The van der Waals surface area contributed by atoms with Gasteiger partial charge in [0.15, 0.2) is 16.1 Å². The van der Waals surface area contributed by atoms with Crippen molar-refractivity contribution in [2.45, 2.75) is 0 Å². The van der Waals surface area contributed by atoms with Crippen molar-refractivity contribution in [3.8, 4) is 0 Å². The van der Waals surface area contributed by atoms with Gasteiger partial charge in [-0.25, -0.2) is 0 Å². The summed E-state index contributed by atoms with van der Waals surface area (Å²) >= 11 is 0. The Bertz CT molecular complexity index is 1240. The first-order chi connectivity index (χ1) is 15.9. The normalized spacial score (nSPS) is 22.0. The van der Waals surface area contributed by atoms with Crippen molar-refractivity contribution in [2.24, 2.45) is 0 Å². The van der Waals surface area contributed by atoms with Crippen LogP contribution < -0.4 is 41.5 Å². The van der Waals surface area contributed by atoms with Crippen LogP contribution in [0.1, 0.15) is 0 Å².